The van der Waals surface area contributed by atoms with Gasteiger partial charge in [0.25, 0.3) is 5.92 Å². The van der Waals surface area contributed by atoms with Gasteiger partial charge in [0.05, 0.1) is 18.3 Å². The van der Waals surface area contributed by atoms with Crippen LogP contribution in [0.1, 0.15) is 85.9 Å². The third kappa shape index (κ3) is 7.50. The Morgan fingerprint density at radius 3 is 2.50 bits per heavy atom. The van der Waals surface area contributed by atoms with E-state index in [9.17, 15) is 23.2 Å². The molecule has 3 aliphatic heterocycles. The number of carbonyl (C=O) groups is 3. The minimum atomic E-state index is -3.09. The Hall–Kier alpha value is -2.86. The zero-order chi connectivity index (χ0) is 32.6. The zero-order valence-electron chi connectivity index (χ0n) is 27.5. The lowest BCUT2D eigenvalue weighted by molar-refractivity contribution is -0.150. The summed E-state index contributed by atoms with van der Waals surface area (Å²) in [7, 11) is 0. The van der Waals surface area contributed by atoms with Crippen LogP contribution >= 0.6 is 0 Å². The number of pyridine rings is 1. The van der Waals surface area contributed by atoms with Gasteiger partial charge in [-0.1, -0.05) is 34.1 Å². The van der Waals surface area contributed by atoms with E-state index in [1.165, 1.54) is 12.3 Å². The fraction of sp³-hybridized carbons (Fsp3) is 0.750. The highest BCUT2D eigenvalue weighted by Gasteiger charge is 2.44. The van der Waals surface area contributed by atoms with Gasteiger partial charge in [0, 0.05) is 68.4 Å². The number of hydrogen-bond donors (Lipinski definition) is 0. The van der Waals surface area contributed by atoms with E-state index in [-0.39, 0.29) is 61.8 Å². The molecule has 0 bridgehead atoms. The molecule has 0 radical (unpaired) electrons. The molecule has 1 unspecified atom stereocenters. The molecule has 3 atom stereocenters. The van der Waals surface area contributed by atoms with Crippen molar-refractivity contribution in [3.63, 3.8) is 0 Å². The Bertz CT molecular complexity index is 1240. The fourth-order valence-electron chi connectivity index (χ4n) is 6.29. The molecule has 1 aromatic rings. The van der Waals surface area contributed by atoms with Crippen LogP contribution in [0.3, 0.4) is 0 Å². The van der Waals surface area contributed by atoms with Crippen molar-refractivity contribution in [1.29, 1.82) is 0 Å². The smallest absolute Gasteiger partial charge is 0.410 e. The molecule has 1 aromatic heterocycles. The number of ether oxygens (including phenoxy) is 2. The normalized spacial score (nSPS) is 24.5. The standard InChI is InChI=1S/C32H49F2N5O5/c1-9-11-32(33,34)26-12-25-24(13-35-26)31(7,8)20-39(25)27(40)18-36-14-21(3)38(29(42)44-30(4,5)6)16-22(36)15-37-17-23(10-2)43-19-28(37)41/h12-13,21-23H,9-11,14-20H2,1-8H3/t21-,22+,23?/m1/s1. The molecule has 2 saturated heterocycles. The number of amides is 3. The van der Waals surface area contributed by atoms with Crippen LogP contribution in [-0.4, -0.2) is 107 Å². The second-order valence-corrected chi connectivity index (χ2v) is 14.1. The maximum atomic E-state index is 14.9. The average Bonchev–Trinajstić information content (AvgIpc) is 3.20. The second kappa shape index (κ2) is 12.9. The van der Waals surface area contributed by atoms with Crippen molar-refractivity contribution >= 4 is 23.6 Å². The number of halogens is 2. The molecule has 0 spiro atoms. The van der Waals surface area contributed by atoms with Gasteiger partial charge >= 0.3 is 6.09 Å². The molecule has 0 aliphatic carbocycles. The quantitative estimate of drug-likeness (QED) is 0.421. The summed E-state index contributed by atoms with van der Waals surface area (Å²) in [5.41, 5.74) is -0.250. The van der Waals surface area contributed by atoms with Crippen molar-refractivity contribution in [3.8, 4) is 0 Å². The van der Waals surface area contributed by atoms with E-state index < -0.39 is 23.0 Å². The Labute approximate surface area is 260 Å². The van der Waals surface area contributed by atoms with Gasteiger partial charge < -0.3 is 24.2 Å². The third-order valence-corrected chi connectivity index (χ3v) is 8.72. The summed E-state index contributed by atoms with van der Waals surface area (Å²) in [6.45, 7) is 16.7. The van der Waals surface area contributed by atoms with Crippen molar-refractivity contribution < 1.29 is 32.6 Å². The van der Waals surface area contributed by atoms with Crippen molar-refractivity contribution in [2.24, 2.45) is 0 Å². The van der Waals surface area contributed by atoms with Crippen molar-refractivity contribution in [2.45, 2.75) is 110 Å². The molecule has 0 aromatic carbocycles. The first kappa shape index (κ1) is 34.0. The summed E-state index contributed by atoms with van der Waals surface area (Å²) in [5, 5.41) is 0. The summed E-state index contributed by atoms with van der Waals surface area (Å²) >= 11 is 0. The number of hydrogen-bond acceptors (Lipinski definition) is 7. The summed E-state index contributed by atoms with van der Waals surface area (Å²) in [6, 6.07) is 0.762. The predicted octanol–water partition coefficient (Wildman–Crippen LogP) is 4.54. The monoisotopic (exact) mass is 621 g/mol. The van der Waals surface area contributed by atoms with Crippen LogP contribution in [0.25, 0.3) is 0 Å². The van der Waals surface area contributed by atoms with Crippen LogP contribution in [0, 0.1) is 0 Å². The van der Waals surface area contributed by atoms with Crippen molar-refractivity contribution in [2.75, 3.05) is 50.8 Å². The fourth-order valence-corrected chi connectivity index (χ4v) is 6.29. The van der Waals surface area contributed by atoms with E-state index in [0.717, 1.165) is 12.0 Å². The first-order chi connectivity index (χ1) is 20.5. The SMILES string of the molecule is CCCC(F)(F)c1cc2c(cn1)C(C)(C)CN2C(=O)CN1C[C@@H](C)N(C(=O)OC(C)(C)C)C[C@@H]1CN1CC(CC)OCC1=O. The van der Waals surface area contributed by atoms with Gasteiger partial charge in [-0.15, -0.1) is 0 Å². The van der Waals surface area contributed by atoms with Gasteiger partial charge in [0.1, 0.15) is 17.9 Å². The summed E-state index contributed by atoms with van der Waals surface area (Å²) in [5.74, 6) is -3.45. The number of carbonyl (C=O) groups excluding carboxylic acids is 3. The number of morpholine rings is 1. The summed E-state index contributed by atoms with van der Waals surface area (Å²) < 4.78 is 41.1. The topological polar surface area (TPSA) is 95.5 Å². The Morgan fingerprint density at radius 2 is 1.86 bits per heavy atom. The van der Waals surface area contributed by atoms with Crippen LogP contribution in [0.2, 0.25) is 0 Å². The minimum Gasteiger partial charge on any atom is -0.444 e. The molecule has 10 nitrogen and oxygen atoms in total. The van der Waals surface area contributed by atoms with Crippen molar-refractivity contribution in [1.82, 2.24) is 19.7 Å². The van der Waals surface area contributed by atoms with Crippen LogP contribution in [0.15, 0.2) is 12.3 Å². The van der Waals surface area contributed by atoms with Gasteiger partial charge in [-0.2, -0.15) is 8.78 Å². The van der Waals surface area contributed by atoms with E-state index in [1.807, 2.05) is 53.4 Å². The lowest BCUT2D eigenvalue weighted by atomic mass is 9.88. The highest BCUT2D eigenvalue weighted by atomic mass is 19.3. The van der Waals surface area contributed by atoms with Gasteiger partial charge in [0.2, 0.25) is 11.8 Å². The Balaban J connectivity index is 1.60. The molecule has 3 amide bonds. The number of piperazine rings is 1. The van der Waals surface area contributed by atoms with E-state index in [1.54, 1.807) is 21.6 Å². The zero-order valence-corrected chi connectivity index (χ0v) is 27.5. The highest BCUT2D eigenvalue weighted by Crippen LogP contribution is 2.43. The largest absolute Gasteiger partial charge is 0.444 e. The lowest BCUT2D eigenvalue weighted by Crippen LogP contribution is -2.64. The van der Waals surface area contributed by atoms with Crippen LogP contribution < -0.4 is 4.90 Å². The van der Waals surface area contributed by atoms with Gasteiger partial charge in [-0.25, -0.2) is 4.79 Å². The summed E-state index contributed by atoms with van der Waals surface area (Å²) in [6.07, 6.45) is 1.71. The summed E-state index contributed by atoms with van der Waals surface area (Å²) in [4.78, 5) is 51.2. The molecule has 0 N–H and O–H groups in total. The van der Waals surface area contributed by atoms with Gasteiger partial charge in [0.15, 0.2) is 0 Å². The molecular formula is C32H49F2N5O5. The van der Waals surface area contributed by atoms with E-state index in [4.69, 9.17) is 9.47 Å². The number of fused-ring (bicyclic) bond motifs is 1. The molecule has 246 valence electrons. The Kier molecular flexibility index (Phi) is 9.95. The Morgan fingerprint density at radius 1 is 1.16 bits per heavy atom. The first-order valence-electron chi connectivity index (χ1n) is 15.8. The molecule has 0 saturated carbocycles. The second-order valence-electron chi connectivity index (χ2n) is 14.1. The molecule has 44 heavy (non-hydrogen) atoms. The molecular weight excluding hydrogens is 572 g/mol. The first-order valence-corrected chi connectivity index (χ1v) is 15.8. The lowest BCUT2D eigenvalue weighted by Gasteiger charge is -2.47. The van der Waals surface area contributed by atoms with E-state index in [2.05, 4.69) is 4.98 Å². The van der Waals surface area contributed by atoms with E-state index in [0.29, 0.717) is 38.3 Å². The number of rotatable bonds is 8. The van der Waals surface area contributed by atoms with E-state index >= 15 is 0 Å². The molecule has 12 heteroatoms. The molecule has 3 aliphatic rings. The van der Waals surface area contributed by atoms with Crippen LogP contribution in [-0.2, 0) is 30.4 Å². The highest BCUT2D eigenvalue weighted by molar-refractivity contribution is 5.97. The van der Waals surface area contributed by atoms with Crippen LogP contribution in [0.5, 0.6) is 0 Å². The third-order valence-electron chi connectivity index (χ3n) is 8.72. The molecule has 4 rings (SSSR count). The van der Waals surface area contributed by atoms with Crippen LogP contribution in [0.4, 0.5) is 19.3 Å². The minimum absolute atomic E-state index is 0.00494. The maximum absolute atomic E-state index is 14.9. The predicted molar refractivity (Wildman–Crippen MR) is 163 cm³/mol. The number of anilines is 1. The number of nitrogens with zero attached hydrogens (tertiary/aromatic N) is 5. The molecule has 2 fully saturated rings. The van der Waals surface area contributed by atoms with Gasteiger partial charge in [-0.3, -0.25) is 19.5 Å². The van der Waals surface area contributed by atoms with Crippen molar-refractivity contribution in [3.05, 3.63) is 23.5 Å². The number of alkyl halides is 2. The number of aromatic nitrogens is 1. The maximum Gasteiger partial charge on any atom is 0.410 e. The average molecular weight is 622 g/mol. The van der Waals surface area contributed by atoms with Gasteiger partial charge in [-0.05, 0) is 40.2 Å². The molecule has 4 heterocycles.